The Bertz CT molecular complexity index is 961. The molecule has 1 unspecified atom stereocenters. The molecule has 0 fully saturated rings. The molecule has 0 N–H and O–H groups in total. The van der Waals surface area contributed by atoms with Gasteiger partial charge in [0.05, 0.1) is 18.2 Å². The number of allylic oxidation sites excluding steroid dienone is 1. The molecule has 5 heteroatoms. The Balaban J connectivity index is 2.07. The Labute approximate surface area is 165 Å². The molecule has 0 bridgehead atoms. The number of ketones is 2. The maximum absolute atomic E-state index is 13.2. The largest absolute Gasteiger partial charge is 0.496 e. The van der Waals surface area contributed by atoms with E-state index in [1.165, 1.54) is 0 Å². The fourth-order valence-electron chi connectivity index (χ4n) is 3.84. The molecule has 0 saturated carbocycles. The Morgan fingerprint density at radius 1 is 1.23 bits per heavy atom. The van der Waals surface area contributed by atoms with Crippen molar-refractivity contribution >= 4 is 34.2 Å². The Kier molecular flexibility index (Phi) is 4.34. The van der Waals surface area contributed by atoms with Crippen LogP contribution in [0.2, 0.25) is 0 Å². The molecular formula is C21H17IO4. The Hall–Kier alpha value is -2.15. The zero-order valence-electron chi connectivity index (χ0n) is 14.3. The van der Waals surface area contributed by atoms with Gasteiger partial charge in [0.25, 0.3) is 0 Å². The topological polar surface area (TPSA) is 52.6 Å². The van der Waals surface area contributed by atoms with Crippen molar-refractivity contribution < 1.29 is 19.1 Å². The molecular weight excluding hydrogens is 443 g/mol. The lowest BCUT2D eigenvalue weighted by atomic mass is 9.80. The van der Waals surface area contributed by atoms with E-state index in [4.69, 9.17) is 9.47 Å². The molecule has 26 heavy (non-hydrogen) atoms. The molecule has 132 valence electrons. The molecule has 1 atom stereocenters. The predicted molar refractivity (Wildman–Crippen MR) is 107 cm³/mol. The van der Waals surface area contributed by atoms with Crippen molar-refractivity contribution in [2.75, 3.05) is 11.5 Å². The normalized spacial score (nSPS) is 17.2. The van der Waals surface area contributed by atoms with Gasteiger partial charge in [-0.05, 0) is 6.42 Å². The molecule has 2 aromatic carbocycles. The van der Waals surface area contributed by atoms with Crippen LogP contribution in [-0.2, 0) is 12.8 Å². The quantitative estimate of drug-likeness (QED) is 0.337. The van der Waals surface area contributed by atoms with Gasteiger partial charge in [-0.15, -0.1) is 6.58 Å². The van der Waals surface area contributed by atoms with Crippen LogP contribution in [0, 0.1) is 0 Å². The van der Waals surface area contributed by atoms with Crippen LogP contribution < -0.4 is 9.47 Å². The summed E-state index contributed by atoms with van der Waals surface area (Å²) in [5.41, 5.74) is 3.36. The third-order valence-electron chi connectivity index (χ3n) is 4.93. The lowest BCUT2D eigenvalue weighted by Gasteiger charge is -2.24. The van der Waals surface area contributed by atoms with Gasteiger partial charge in [-0.3, -0.25) is 9.59 Å². The van der Waals surface area contributed by atoms with E-state index in [0.29, 0.717) is 46.6 Å². The summed E-state index contributed by atoms with van der Waals surface area (Å²) in [5.74, 6) is 0.655. The average Bonchev–Trinajstić information content (AvgIpc) is 3.10. The number of carbonyl (C=O) groups excluding carboxylic acids is 2. The summed E-state index contributed by atoms with van der Waals surface area (Å²) < 4.78 is 12.6. The monoisotopic (exact) mass is 460 g/mol. The lowest BCUT2D eigenvalue weighted by molar-refractivity contribution is 0.0972. The van der Waals surface area contributed by atoms with Gasteiger partial charge >= 0.3 is 0 Å². The van der Waals surface area contributed by atoms with E-state index in [9.17, 15) is 9.59 Å². The summed E-state index contributed by atoms with van der Waals surface area (Å²) in [7, 11) is 1.54. The lowest BCUT2D eigenvalue weighted by Crippen LogP contribution is -2.23. The number of benzene rings is 2. The minimum atomic E-state index is -0.193. The van der Waals surface area contributed by atoms with Crippen molar-refractivity contribution in [3.63, 3.8) is 0 Å². The maximum atomic E-state index is 13.2. The minimum absolute atomic E-state index is 0.00885. The molecule has 1 heterocycles. The number of hydrogen-bond acceptors (Lipinski definition) is 4. The van der Waals surface area contributed by atoms with E-state index >= 15 is 0 Å². The number of methoxy groups -OCH3 is 1. The van der Waals surface area contributed by atoms with E-state index in [1.807, 2.05) is 0 Å². The van der Waals surface area contributed by atoms with E-state index in [-0.39, 0.29) is 17.7 Å². The van der Waals surface area contributed by atoms with E-state index < -0.39 is 0 Å². The minimum Gasteiger partial charge on any atom is -0.496 e. The van der Waals surface area contributed by atoms with Crippen LogP contribution >= 0.6 is 22.6 Å². The third-order valence-corrected chi connectivity index (χ3v) is 5.91. The number of carbonyl (C=O) groups is 2. The number of rotatable bonds is 4. The van der Waals surface area contributed by atoms with Gasteiger partial charge in [0, 0.05) is 33.1 Å². The van der Waals surface area contributed by atoms with E-state index in [1.54, 1.807) is 37.5 Å². The van der Waals surface area contributed by atoms with Gasteiger partial charge in [0.1, 0.15) is 17.6 Å². The molecule has 2 aromatic rings. The molecule has 0 spiro atoms. The molecule has 0 amide bonds. The van der Waals surface area contributed by atoms with Crippen molar-refractivity contribution in [1.82, 2.24) is 0 Å². The van der Waals surface area contributed by atoms with Crippen LogP contribution in [0.3, 0.4) is 0 Å². The van der Waals surface area contributed by atoms with Crippen LogP contribution in [0.1, 0.15) is 43.0 Å². The van der Waals surface area contributed by atoms with Crippen molar-refractivity contribution in [1.29, 1.82) is 0 Å². The second-order valence-corrected chi connectivity index (χ2v) is 7.25. The van der Waals surface area contributed by atoms with Gasteiger partial charge < -0.3 is 9.47 Å². The van der Waals surface area contributed by atoms with Crippen molar-refractivity contribution in [3.05, 3.63) is 70.3 Å². The third kappa shape index (κ3) is 2.33. The number of halogens is 1. The molecule has 0 radical (unpaired) electrons. The molecule has 4 rings (SSSR count). The summed E-state index contributed by atoms with van der Waals surface area (Å²) in [6.45, 7) is 3.83. The molecule has 0 saturated heterocycles. The van der Waals surface area contributed by atoms with Gasteiger partial charge in [0.2, 0.25) is 0 Å². The maximum Gasteiger partial charge on any atom is 0.198 e. The van der Waals surface area contributed by atoms with Crippen molar-refractivity contribution in [2.24, 2.45) is 0 Å². The predicted octanol–water partition coefficient (Wildman–Crippen LogP) is 3.94. The molecule has 1 aliphatic heterocycles. The van der Waals surface area contributed by atoms with Crippen LogP contribution in [-0.4, -0.2) is 29.2 Å². The Morgan fingerprint density at radius 3 is 2.46 bits per heavy atom. The van der Waals surface area contributed by atoms with Crippen LogP contribution in [0.25, 0.3) is 0 Å². The SMILES string of the molecule is C=CCc1c2c(c3c(c1OC)C(=O)c1ccccc1C3=O)OC(CI)C2. The first-order chi connectivity index (χ1) is 12.6. The molecule has 4 nitrogen and oxygen atoms in total. The number of alkyl halides is 1. The first-order valence-corrected chi connectivity index (χ1v) is 9.92. The summed E-state index contributed by atoms with van der Waals surface area (Å²) in [4.78, 5) is 26.5. The fourth-order valence-corrected chi connectivity index (χ4v) is 4.33. The second-order valence-electron chi connectivity index (χ2n) is 6.36. The summed E-state index contributed by atoms with van der Waals surface area (Å²) in [6.07, 6.45) is 3.03. The van der Waals surface area contributed by atoms with E-state index in [0.717, 1.165) is 15.6 Å². The highest BCUT2D eigenvalue weighted by Crippen LogP contribution is 2.47. The van der Waals surface area contributed by atoms with Crippen LogP contribution in [0.5, 0.6) is 11.5 Å². The molecule has 2 aliphatic rings. The van der Waals surface area contributed by atoms with Crippen LogP contribution in [0.4, 0.5) is 0 Å². The zero-order chi connectivity index (χ0) is 18.4. The zero-order valence-corrected chi connectivity index (χ0v) is 16.5. The fraction of sp³-hybridized carbons (Fsp3) is 0.238. The van der Waals surface area contributed by atoms with Gasteiger partial charge in [0.15, 0.2) is 11.6 Å². The van der Waals surface area contributed by atoms with Gasteiger partial charge in [-0.25, -0.2) is 0 Å². The summed E-state index contributed by atoms with van der Waals surface area (Å²) in [5, 5.41) is 0. The van der Waals surface area contributed by atoms with Crippen LogP contribution in [0.15, 0.2) is 36.9 Å². The van der Waals surface area contributed by atoms with E-state index in [2.05, 4.69) is 29.2 Å². The number of fused-ring (bicyclic) bond motifs is 4. The van der Waals surface area contributed by atoms with Crippen molar-refractivity contribution in [2.45, 2.75) is 18.9 Å². The molecule has 0 aromatic heterocycles. The number of ether oxygens (including phenoxy) is 2. The molecule has 1 aliphatic carbocycles. The highest BCUT2D eigenvalue weighted by atomic mass is 127. The van der Waals surface area contributed by atoms with Gasteiger partial charge in [-0.2, -0.15) is 0 Å². The standard InChI is InChI=1S/C21H17IO4/c1-3-6-14-15-9-11(10-22)26-21(15)17-16(20(14)25-2)18(23)12-7-4-5-8-13(12)19(17)24/h3-5,7-8,11H,1,6,9-10H2,2H3. The number of hydrogen-bond donors (Lipinski definition) is 0. The Morgan fingerprint density at radius 2 is 1.88 bits per heavy atom. The van der Waals surface area contributed by atoms with Crippen molar-refractivity contribution in [3.8, 4) is 11.5 Å². The smallest absolute Gasteiger partial charge is 0.198 e. The summed E-state index contributed by atoms with van der Waals surface area (Å²) >= 11 is 2.28. The van der Waals surface area contributed by atoms with Gasteiger partial charge in [-0.1, -0.05) is 52.9 Å². The first kappa shape index (κ1) is 17.3. The highest BCUT2D eigenvalue weighted by molar-refractivity contribution is 14.1. The first-order valence-electron chi connectivity index (χ1n) is 8.40. The second kappa shape index (κ2) is 6.54. The average molecular weight is 460 g/mol. The summed E-state index contributed by atoms with van der Waals surface area (Å²) in [6, 6.07) is 6.92. The highest BCUT2D eigenvalue weighted by Gasteiger charge is 2.41.